The molecule has 2 heterocycles. The van der Waals surface area contributed by atoms with Gasteiger partial charge in [-0.25, -0.2) is 0 Å². The summed E-state index contributed by atoms with van der Waals surface area (Å²) in [6, 6.07) is 0.173. The average Bonchev–Trinajstić information content (AvgIpc) is 2.75. The molecule has 1 saturated heterocycles. The number of carbonyl (C=O) groups is 1. The minimum atomic E-state index is 0.0560. The fourth-order valence-electron chi connectivity index (χ4n) is 2.44. The first-order valence-corrected chi connectivity index (χ1v) is 6.11. The van der Waals surface area contributed by atoms with Crippen LogP contribution < -0.4 is 5.73 Å². The van der Waals surface area contributed by atoms with Gasteiger partial charge in [0, 0.05) is 32.4 Å². The highest BCUT2D eigenvalue weighted by Gasteiger charge is 2.29. The number of nitrogens with zero attached hydrogens (tertiary/aromatic N) is 3. The Balaban J connectivity index is 2.13. The summed E-state index contributed by atoms with van der Waals surface area (Å²) in [4.78, 5) is 14.2. The Kier molecular flexibility index (Phi) is 3.47. The van der Waals surface area contributed by atoms with Gasteiger partial charge in [-0.2, -0.15) is 5.10 Å². The topological polar surface area (TPSA) is 64.2 Å². The average molecular weight is 236 g/mol. The van der Waals surface area contributed by atoms with E-state index in [2.05, 4.69) is 12.0 Å². The zero-order valence-corrected chi connectivity index (χ0v) is 10.5. The van der Waals surface area contributed by atoms with Gasteiger partial charge in [0.05, 0.1) is 11.8 Å². The predicted octanol–water partition coefficient (Wildman–Crippen LogP) is 0.620. The van der Waals surface area contributed by atoms with Gasteiger partial charge in [0.25, 0.3) is 5.91 Å². The molecule has 0 spiro atoms. The summed E-state index contributed by atoms with van der Waals surface area (Å²) >= 11 is 0. The van der Waals surface area contributed by atoms with Crippen molar-refractivity contribution in [3.8, 4) is 0 Å². The van der Waals surface area contributed by atoms with Crippen molar-refractivity contribution in [1.82, 2.24) is 14.7 Å². The SMILES string of the molecule is CC1CCN(C(=O)c2cnn(C)c2)C(CN)C1. The second kappa shape index (κ2) is 4.87. The zero-order valence-electron chi connectivity index (χ0n) is 10.5. The molecule has 0 bridgehead atoms. The summed E-state index contributed by atoms with van der Waals surface area (Å²) in [7, 11) is 1.81. The molecule has 2 unspecified atom stereocenters. The summed E-state index contributed by atoms with van der Waals surface area (Å²) < 4.78 is 1.65. The number of amides is 1. The first-order valence-electron chi connectivity index (χ1n) is 6.11. The van der Waals surface area contributed by atoms with Gasteiger partial charge in [0.1, 0.15) is 0 Å². The van der Waals surface area contributed by atoms with E-state index in [4.69, 9.17) is 5.73 Å². The van der Waals surface area contributed by atoms with Crippen molar-refractivity contribution in [3.63, 3.8) is 0 Å². The molecule has 17 heavy (non-hydrogen) atoms. The van der Waals surface area contributed by atoms with Crippen LogP contribution in [-0.2, 0) is 7.05 Å². The number of carbonyl (C=O) groups excluding carboxylic acids is 1. The van der Waals surface area contributed by atoms with Crippen LogP contribution in [0.25, 0.3) is 0 Å². The largest absolute Gasteiger partial charge is 0.334 e. The van der Waals surface area contributed by atoms with Crippen LogP contribution in [0.1, 0.15) is 30.1 Å². The van der Waals surface area contributed by atoms with Crippen molar-refractivity contribution in [3.05, 3.63) is 18.0 Å². The zero-order chi connectivity index (χ0) is 12.4. The third-order valence-electron chi connectivity index (χ3n) is 3.46. The second-order valence-corrected chi connectivity index (χ2v) is 4.92. The molecule has 0 aromatic carbocycles. The number of aryl methyl sites for hydroxylation is 1. The number of aromatic nitrogens is 2. The number of rotatable bonds is 2. The molecule has 1 fully saturated rings. The molecule has 1 aromatic rings. The van der Waals surface area contributed by atoms with Crippen LogP contribution in [-0.4, -0.2) is 39.7 Å². The van der Waals surface area contributed by atoms with Crippen LogP contribution in [0.2, 0.25) is 0 Å². The summed E-state index contributed by atoms with van der Waals surface area (Å²) in [5, 5.41) is 4.04. The quantitative estimate of drug-likeness (QED) is 0.818. The van der Waals surface area contributed by atoms with E-state index in [-0.39, 0.29) is 11.9 Å². The Bertz CT molecular complexity index is 401. The van der Waals surface area contributed by atoms with E-state index in [0.717, 1.165) is 19.4 Å². The van der Waals surface area contributed by atoms with Crippen molar-refractivity contribution < 1.29 is 4.79 Å². The van der Waals surface area contributed by atoms with Gasteiger partial charge in [0.2, 0.25) is 0 Å². The predicted molar refractivity (Wildman–Crippen MR) is 65.5 cm³/mol. The lowest BCUT2D eigenvalue weighted by atomic mass is 9.92. The number of hydrogen-bond acceptors (Lipinski definition) is 3. The van der Waals surface area contributed by atoms with Gasteiger partial charge in [-0.1, -0.05) is 6.92 Å². The first kappa shape index (κ1) is 12.1. The van der Waals surface area contributed by atoms with E-state index in [0.29, 0.717) is 18.0 Å². The molecule has 0 radical (unpaired) electrons. The van der Waals surface area contributed by atoms with Gasteiger partial charge in [0.15, 0.2) is 0 Å². The standard InChI is InChI=1S/C12H20N4O/c1-9-3-4-16(11(5-9)6-13)12(17)10-7-14-15(2)8-10/h7-9,11H,3-6,13H2,1-2H3. The van der Waals surface area contributed by atoms with Crippen LogP contribution in [0.15, 0.2) is 12.4 Å². The summed E-state index contributed by atoms with van der Waals surface area (Å²) in [5.41, 5.74) is 6.42. The molecule has 5 nitrogen and oxygen atoms in total. The van der Waals surface area contributed by atoms with E-state index >= 15 is 0 Å². The molecule has 1 aliphatic heterocycles. The van der Waals surface area contributed by atoms with E-state index in [9.17, 15) is 4.79 Å². The van der Waals surface area contributed by atoms with E-state index in [1.54, 1.807) is 17.1 Å². The lowest BCUT2D eigenvalue weighted by molar-refractivity contribution is 0.0573. The highest BCUT2D eigenvalue weighted by Crippen LogP contribution is 2.23. The van der Waals surface area contributed by atoms with Gasteiger partial charge in [-0.3, -0.25) is 9.48 Å². The maximum atomic E-state index is 12.3. The Morgan fingerprint density at radius 3 is 3.00 bits per heavy atom. The molecule has 1 aromatic heterocycles. The van der Waals surface area contributed by atoms with Crippen molar-refractivity contribution in [2.75, 3.05) is 13.1 Å². The van der Waals surface area contributed by atoms with Crippen LogP contribution in [0.4, 0.5) is 0 Å². The minimum Gasteiger partial charge on any atom is -0.334 e. The van der Waals surface area contributed by atoms with Crippen LogP contribution >= 0.6 is 0 Å². The monoisotopic (exact) mass is 236 g/mol. The number of piperidine rings is 1. The molecular formula is C12H20N4O. The highest BCUT2D eigenvalue weighted by molar-refractivity contribution is 5.94. The maximum absolute atomic E-state index is 12.3. The molecule has 2 rings (SSSR count). The van der Waals surface area contributed by atoms with Crippen molar-refractivity contribution in [2.45, 2.75) is 25.8 Å². The Morgan fingerprint density at radius 1 is 1.65 bits per heavy atom. The van der Waals surface area contributed by atoms with Crippen molar-refractivity contribution in [1.29, 1.82) is 0 Å². The van der Waals surface area contributed by atoms with Crippen molar-refractivity contribution in [2.24, 2.45) is 18.7 Å². The fraction of sp³-hybridized carbons (Fsp3) is 0.667. The molecule has 1 aliphatic rings. The lowest BCUT2D eigenvalue weighted by Crippen LogP contribution is -2.49. The van der Waals surface area contributed by atoms with E-state index < -0.39 is 0 Å². The molecule has 5 heteroatoms. The minimum absolute atomic E-state index is 0.0560. The number of likely N-dealkylation sites (tertiary alicyclic amines) is 1. The first-order chi connectivity index (χ1) is 8.11. The van der Waals surface area contributed by atoms with E-state index in [1.165, 1.54) is 0 Å². The summed E-state index contributed by atoms with van der Waals surface area (Å²) in [5.74, 6) is 0.710. The van der Waals surface area contributed by atoms with Crippen molar-refractivity contribution >= 4 is 5.91 Å². The normalized spacial score (nSPS) is 25.0. The molecular weight excluding hydrogens is 216 g/mol. The maximum Gasteiger partial charge on any atom is 0.257 e. The fourth-order valence-corrected chi connectivity index (χ4v) is 2.44. The number of hydrogen-bond donors (Lipinski definition) is 1. The molecule has 0 saturated carbocycles. The summed E-state index contributed by atoms with van der Waals surface area (Å²) in [6.45, 7) is 3.56. The van der Waals surface area contributed by atoms with E-state index in [1.807, 2.05) is 11.9 Å². The van der Waals surface area contributed by atoms with Crippen LogP contribution in [0.3, 0.4) is 0 Å². The van der Waals surface area contributed by atoms with Gasteiger partial charge >= 0.3 is 0 Å². The van der Waals surface area contributed by atoms with Crippen LogP contribution in [0.5, 0.6) is 0 Å². The number of nitrogens with two attached hydrogens (primary N) is 1. The van der Waals surface area contributed by atoms with Gasteiger partial charge < -0.3 is 10.6 Å². The Labute approximate surface area is 102 Å². The Morgan fingerprint density at radius 2 is 2.41 bits per heavy atom. The smallest absolute Gasteiger partial charge is 0.257 e. The second-order valence-electron chi connectivity index (χ2n) is 4.92. The lowest BCUT2D eigenvalue weighted by Gasteiger charge is -2.37. The molecule has 2 atom stereocenters. The third kappa shape index (κ3) is 2.49. The third-order valence-corrected chi connectivity index (χ3v) is 3.46. The summed E-state index contributed by atoms with van der Waals surface area (Å²) in [6.07, 6.45) is 5.44. The molecule has 94 valence electrons. The van der Waals surface area contributed by atoms with Crippen LogP contribution in [0, 0.1) is 5.92 Å². The van der Waals surface area contributed by atoms with Gasteiger partial charge in [-0.15, -0.1) is 0 Å². The highest BCUT2D eigenvalue weighted by atomic mass is 16.2. The molecule has 1 amide bonds. The molecule has 0 aliphatic carbocycles. The molecule has 2 N–H and O–H groups in total. The Hall–Kier alpha value is -1.36. The van der Waals surface area contributed by atoms with Gasteiger partial charge in [-0.05, 0) is 18.8 Å².